The molecule has 0 fully saturated rings. The molecule has 0 bridgehead atoms. The lowest BCUT2D eigenvalue weighted by Crippen LogP contribution is -2.29. The molecule has 0 unspecified atom stereocenters. The van der Waals surface area contributed by atoms with Crippen LogP contribution in [0.15, 0.2) is 65.3 Å². The number of nitrogens with one attached hydrogen (secondary N) is 1. The SMILES string of the molecule is Cc1nc(-c2ccco2)ccc1C(=O)NC[C@@H](O)c1ccccc1. The Morgan fingerprint density at radius 2 is 1.96 bits per heavy atom. The number of aromatic nitrogens is 1. The molecule has 24 heavy (non-hydrogen) atoms. The zero-order chi connectivity index (χ0) is 16.9. The number of hydrogen-bond acceptors (Lipinski definition) is 4. The van der Waals surface area contributed by atoms with E-state index in [9.17, 15) is 9.90 Å². The number of benzene rings is 1. The highest BCUT2D eigenvalue weighted by molar-refractivity contribution is 5.95. The molecule has 0 radical (unpaired) electrons. The topological polar surface area (TPSA) is 75.4 Å². The highest BCUT2D eigenvalue weighted by Gasteiger charge is 2.14. The summed E-state index contributed by atoms with van der Waals surface area (Å²) in [6.07, 6.45) is 0.837. The Hall–Kier alpha value is -2.92. The monoisotopic (exact) mass is 322 g/mol. The van der Waals surface area contributed by atoms with E-state index < -0.39 is 6.10 Å². The molecule has 0 aliphatic rings. The van der Waals surface area contributed by atoms with Crippen molar-refractivity contribution in [2.45, 2.75) is 13.0 Å². The second-order valence-corrected chi connectivity index (χ2v) is 5.44. The second-order valence-electron chi connectivity index (χ2n) is 5.44. The summed E-state index contributed by atoms with van der Waals surface area (Å²) < 4.78 is 5.31. The van der Waals surface area contributed by atoms with Gasteiger partial charge in [0.2, 0.25) is 0 Å². The largest absolute Gasteiger partial charge is 0.463 e. The van der Waals surface area contributed by atoms with Crippen LogP contribution in [0, 0.1) is 6.92 Å². The summed E-state index contributed by atoms with van der Waals surface area (Å²) in [5.74, 6) is 0.394. The third-order valence-electron chi connectivity index (χ3n) is 3.74. The average Bonchev–Trinajstić information content (AvgIpc) is 3.14. The zero-order valence-corrected chi connectivity index (χ0v) is 13.3. The molecule has 0 saturated heterocycles. The van der Waals surface area contributed by atoms with Gasteiger partial charge in [-0.25, -0.2) is 4.98 Å². The van der Waals surface area contributed by atoms with E-state index in [0.717, 1.165) is 5.56 Å². The first-order valence-corrected chi connectivity index (χ1v) is 7.68. The minimum atomic E-state index is -0.745. The molecule has 0 aliphatic carbocycles. The standard InChI is InChI=1S/C19H18N2O3/c1-13-15(9-10-16(21-13)18-8-5-11-24-18)19(23)20-12-17(22)14-6-3-2-4-7-14/h2-11,17,22H,12H2,1H3,(H,20,23)/t17-/m1/s1. The predicted octanol–water partition coefficient (Wildman–Crippen LogP) is 3.11. The van der Waals surface area contributed by atoms with Crippen molar-refractivity contribution in [3.05, 3.63) is 77.7 Å². The van der Waals surface area contributed by atoms with Crippen LogP contribution >= 0.6 is 0 Å². The Morgan fingerprint density at radius 1 is 1.17 bits per heavy atom. The summed E-state index contributed by atoms with van der Waals surface area (Å²) in [6.45, 7) is 1.91. The number of aliphatic hydroxyl groups excluding tert-OH is 1. The average molecular weight is 322 g/mol. The van der Waals surface area contributed by atoms with Crippen molar-refractivity contribution in [2.75, 3.05) is 6.54 Å². The molecular weight excluding hydrogens is 304 g/mol. The van der Waals surface area contributed by atoms with Gasteiger partial charge in [0.1, 0.15) is 5.69 Å². The highest BCUT2D eigenvalue weighted by Crippen LogP contribution is 2.19. The van der Waals surface area contributed by atoms with Gasteiger partial charge in [0.15, 0.2) is 5.76 Å². The minimum Gasteiger partial charge on any atom is -0.463 e. The van der Waals surface area contributed by atoms with E-state index in [-0.39, 0.29) is 12.5 Å². The molecule has 5 nitrogen and oxygen atoms in total. The molecule has 3 rings (SSSR count). The van der Waals surface area contributed by atoms with Crippen LogP contribution in [0.4, 0.5) is 0 Å². The van der Waals surface area contributed by atoms with E-state index in [1.165, 1.54) is 0 Å². The Bertz CT molecular complexity index is 814. The number of carbonyl (C=O) groups excluding carboxylic acids is 1. The van der Waals surface area contributed by atoms with Gasteiger partial charge in [0.25, 0.3) is 5.91 Å². The first-order chi connectivity index (χ1) is 11.6. The van der Waals surface area contributed by atoms with Gasteiger partial charge in [0.05, 0.1) is 23.6 Å². The number of amides is 1. The summed E-state index contributed by atoms with van der Waals surface area (Å²) >= 11 is 0. The molecule has 0 saturated carbocycles. The molecule has 2 N–H and O–H groups in total. The van der Waals surface area contributed by atoms with Crippen molar-refractivity contribution < 1.29 is 14.3 Å². The van der Waals surface area contributed by atoms with E-state index in [0.29, 0.717) is 22.7 Å². The van der Waals surface area contributed by atoms with E-state index in [1.807, 2.05) is 36.4 Å². The molecule has 0 spiro atoms. The maximum atomic E-state index is 12.3. The van der Waals surface area contributed by atoms with Gasteiger partial charge in [0, 0.05) is 6.54 Å². The van der Waals surface area contributed by atoms with Crippen molar-refractivity contribution in [2.24, 2.45) is 0 Å². The van der Waals surface area contributed by atoms with Crippen LogP contribution in [-0.2, 0) is 0 Å². The van der Waals surface area contributed by atoms with Gasteiger partial charge >= 0.3 is 0 Å². The van der Waals surface area contributed by atoms with Crippen LogP contribution in [0.25, 0.3) is 11.5 Å². The van der Waals surface area contributed by atoms with Gasteiger partial charge in [-0.2, -0.15) is 0 Å². The van der Waals surface area contributed by atoms with Gasteiger partial charge in [-0.3, -0.25) is 4.79 Å². The molecule has 0 aliphatic heterocycles. The smallest absolute Gasteiger partial charge is 0.253 e. The lowest BCUT2D eigenvalue weighted by Gasteiger charge is -2.13. The first kappa shape index (κ1) is 16.0. The summed E-state index contributed by atoms with van der Waals surface area (Å²) in [7, 11) is 0. The Kier molecular flexibility index (Phi) is 4.72. The maximum Gasteiger partial charge on any atom is 0.253 e. The third kappa shape index (κ3) is 3.52. The summed E-state index contributed by atoms with van der Waals surface area (Å²) in [5, 5.41) is 12.9. The lowest BCUT2D eigenvalue weighted by atomic mass is 10.1. The normalized spacial score (nSPS) is 11.9. The van der Waals surface area contributed by atoms with Crippen LogP contribution in [0.3, 0.4) is 0 Å². The molecule has 1 aromatic carbocycles. The van der Waals surface area contributed by atoms with Crippen molar-refractivity contribution >= 4 is 5.91 Å². The lowest BCUT2D eigenvalue weighted by molar-refractivity contribution is 0.0915. The van der Waals surface area contributed by atoms with E-state index >= 15 is 0 Å². The molecule has 122 valence electrons. The number of hydrogen-bond donors (Lipinski definition) is 2. The number of rotatable bonds is 5. The number of furan rings is 1. The molecule has 1 atom stereocenters. The number of aryl methyl sites for hydroxylation is 1. The summed E-state index contributed by atoms with van der Waals surface area (Å²) in [6, 6.07) is 16.3. The van der Waals surface area contributed by atoms with Gasteiger partial charge in [-0.1, -0.05) is 30.3 Å². The van der Waals surface area contributed by atoms with E-state index in [1.54, 1.807) is 31.4 Å². The van der Waals surface area contributed by atoms with E-state index in [4.69, 9.17) is 4.42 Å². The van der Waals surface area contributed by atoms with Crippen molar-refractivity contribution in [3.8, 4) is 11.5 Å². The molecular formula is C19H18N2O3. The van der Waals surface area contributed by atoms with Crippen LogP contribution in [0.5, 0.6) is 0 Å². The van der Waals surface area contributed by atoms with Crippen LogP contribution in [0.2, 0.25) is 0 Å². The zero-order valence-electron chi connectivity index (χ0n) is 13.3. The number of pyridine rings is 1. The number of aliphatic hydroxyl groups is 1. The van der Waals surface area contributed by atoms with Crippen LogP contribution < -0.4 is 5.32 Å². The fourth-order valence-electron chi connectivity index (χ4n) is 2.44. The Morgan fingerprint density at radius 3 is 2.62 bits per heavy atom. The van der Waals surface area contributed by atoms with Crippen molar-refractivity contribution in [1.29, 1.82) is 0 Å². The highest BCUT2D eigenvalue weighted by atomic mass is 16.3. The minimum absolute atomic E-state index is 0.141. The van der Waals surface area contributed by atoms with Crippen molar-refractivity contribution in [3.63, 3.8) is 0 Å². The Balaban J connectivity index is 1.67. The summed E-state index contributed by atoms with van der Waals surface area (Å²) in [5.41, 5.74) is 2.53. The first-order valence-electron chi connectivity index (χ1n) is 7.68. The second kappa shape index (κ2) is 7.10. The van der Waals surface area contributed by atoms with Crippen LogP contribution in [-0.4, -0.2) is 22.5 Å². The molecule has 1 amide bonds. The predicted molar refractivity (Wildman–Crippen MR) is 90.4 cm³/mol. The molecule has 2 heterocycles. The maximum absolute atomic E-state index is 12.3. The van der Waals surface area contributed by atoms with Crippen molar-refractivity contribution in [1.82, 2.24) is 10.3 Å². The molecule has 5 heteroatoms. The van der Waals surface area contributed by atoms with Gasteiger partial charge in [-0.05, 0) is 36.8 Å². The third-order valence-corrected chi connectivity index (χ3v) is 3.74. The fraction of sp³-hybridized carbons (Fsp3) is 0.158. The van der Waals surface area contributed by atoms with Gasteiger partial charge < -0.3 is 14.8 Å². The number of carbonyl (C=O) groups is 1. The van der Waals surface area contributed by atoms with Crippen LogP contribution in [0.1, 0.15) is 27.7 Å². The quantitative estimate of drug-likeness (QED) is 0.757. The number of nitrogens with zero attached hydrogens (tertiary/aromatic N) is 1. The summed E-state index contributed by atoms with van der Waals surface area (Å²) in [4.78, 5) is 16.7. The molecule has 3 aromatic rings. The fourth-order valence-corrected chi connectivity index (χ4v) is 2.44. The van der Waals surface area contributed by atoms with Gasteiger partial charge in [-0.15, -0.1) is 0 Å². The Labute approximate surface area is 140 Å². The molecule has 2 aromatic heterocycles. The van der Waals surface area contributed by atoms with E-state index in [2.05, 4.69) is 10.3 Å².